The van der Waals surface area contributed by atoms with Crippen molar-refractivity contribution in [3.63, 3.8) is 0 Å². The van der Waals surface area contributed by atoms with Gasteiger partial charge in [0.15, 0.2) is 5.65 Å². The fourth-order valence-electron chi connectivity index (χ4n) is 1.71. The van der Waals surface area contributed by atoms with E-state index in [1.807, 2.05) is 0 Å². The molecule has 0 bridgehead atoms. The van der Waals surface area contributed by atoms with Gasteiger partial charge in [-0.3, -0.25) is 5.10 Å². The number of hydrogen-bond donors (Lipinski definition) is 3. The molecule has 0 aliphatic carbocycles. The highest BCUT2D eigenvalue weighted by Crippen LogP contribution is 2.23. The molecule has 0 atom stereocenters. The van der Waals surface area contributed by atoms with E-state index in [-0.39, 0.29) is 11.6 Å². The summed E-state index contributed by atoms with van der Waals surface area (Å²) in [7, 11) is 0. The van der Waals surface area contributed by atoms with Crippen LogP contribution in [0.3, 0.4) is 0 Å². The first-order valence-corrected chi connectivity index (χ1v) is 5.31. The van der Waals surface area contributed by atoms with E-state index in [1.54, 1.807) is 0 Å². The lowest BCUT2D eigenvalue weighted by Gasteiger charge is -2.07. The number of nitrogens with zero attached hydrogens (tertiary/aromatic N) is 3. The Hall–Kier alpha value is -2.77. The molecule has 0 aliphatic heterocycles. The molecule has 0 unspecified atom stereocenters. The van der Waals surface area contributed by atoms with Crippen LogP contribution in [0.4, 0.5) is 26.2 Å². The predicted molar refractivity (Wildman–Crippen MR) is 65.7 cm³/mol. The van der Waals surface area contributed by atoms with Gasteiger partial charge in [0, 0.05) is 11.8 Å². The second-order valence-corrected chi connectivity index (χ2v) is 3.85. The van der Waals surface area contributed by atoms with Gasteiger partial charge < -0.3 is 11.1 Å². The van der Waals surface area contributed by atoms with Gasteiger partial charge in [0.2, 0.25) is 5.95 Å². The summed E-state index contributed by atoms with van der Waals surface area (Å²) in [5.74, 6) is -1.03. The van der Waals surface area contributed by atoms with Crippen LogP contribution in [-0.4, -0.2) is 20.2 Å². The van der Waals surface area contributed by atoms with Crippen LogP contribution in [0.5, 0.6) is 0 Å². The Balaban J connectivity index is 2.07. The molecule has 0 saturated carbocycles. The molecular weight excluding hydrogens is 254 g/mol. The molecule has 3 rings (SSSR count). The number of H-pyrrole nitrogens is 1. The van der Waals surface area contributed by atoms with Crippen LogP contribution in [0, 0.1) is 11.6 Å². The summed E-state index contributed by atoms with van der Waals surface area (Å²) < 4.78 is 26.2. The Morgan fingerprint density at radius 2 is 1.84 bits per heavy atom. The SMILES string of the molecule is Nc1nc(Nc2cc(F)cc(F)c2)c2cn[nH]c2n1. The van der Waals surface area contributed by atoms with Gasteiger partial charge in [-0.1, -0.05) is 0 Å². The van der Waals surface area contributed by atoms with Gasteiger partial charge >= 0.3 is 0 Å². The molecule has 8 heteroatoms. The zero-order valence-electron chi connectivity index (χ0n) is 9.48. The number of rotatable bonds is 2. The Bertz CT molecular complexity index is 734. The van der Waals surface area contributed by atoms with Crippen LogP contribution >= 0.6 is 0 Å². The zero-order chi connectivity index (χ0) is 13.4. The first kappa shape index (κ1) is 11.3. The first-order chi connectivity index (χ1) is 9.11. The molecule has 4 N–H and O–H groups in total. The third-order valence-corrected chi connectivity index (χ3v) is 2.45. The van der Waals surface area contributed by atoms with E-state index < -0.39 is 11.6 Å². The number of fused-ring (bicyclic) bond motifs is 1. The third-order valence-electron chi connectivity index (χ3n) is 2.45. The normalized spacial score (nSPS) is 10.8. The first-order valence-electron chi connectivity index (χ1n) is 5.31. The fourth-order valence-corrected chi connectivity index (χ4v) is 1.71. The summed E-state index contributed by atoms with van der Waals surface area (Å²) in [6, 6.07) is 3.08. The minimum Gasteiger partial charge on any atom is -0.368 e. The maximum atomic E-state index is 13.1. The summed E-state index contributed by atoms with van der Waals surface area (Å²) in [6.45, 7) is 0. The van der Waals surface area contributed by atoms with Gasteiger partial charge in [0.25, 0.3) is 0 Å². The van der Waals surface area contributed by atoms with Crippen molar-refractivity contribution in [1.82, 2.24) is 20.2 Å². The van der Waals surface area contributed by atoms with Crippen LogP contribution < -0.4 is 11.1 Å². The lowest BCUT2D eigenvalue weighted by atomic mass is 10.3. The molecule has 0 fully saturated rings. The van der Waals surface area contributed by atoms with Gasteiger partial charge in [-0.15, -0.1) is 0 Å². The van der Waals surface area contributed by atoms with Crippen molar-refractivity contribution >= 4 is 28.5 Å². The Labute approximate surface area is 105 Å². The van der Waals surface area contributed by atoms with E-state index in [4.69, 9.17) is 5.73 Å². The highest BCUT2D eigenvalue weighted by Gasteiger charge is 2.09. The average Bonchev–Trinajstić information content (AvgIpc) is 2.75. The van der Waals surface area contributed by atoms with E-state index in [9.17, 15) is 8.78 Å². The number of benzene rings is 1. The molecule has 1 aromatic carbocycles. The smallest absolute Gasteiger partial charge is 0.224 e. The van der Waals surface area contributed by atoms with Crippen LogP contribution in [0.2, 0.25) is 0 Å². The summed E-state index contributed by atoms with van der Waals surface area (Å²) >= 11 is 0. The molecular formula is C11H8F2N6. The molecule has 6 nitrogen and oxygen atoms in total. The molecule has 0 aliphatic rings. The van der Waals surface area contributed by atoms with Crippen molar-refractivity contribution < 1.29 is 8.78 Å². The van der Waals surface area contributed by atoms with E-state index in [0.29, 0.717) is 16.9 Å². The lowest BCUT2D eigenvalue weighted by molar-refractivity contribution is 0.584. The Morgan fingerprint density at radius 3 is 2.58 bits per heavy atom. The summed E-state index contributed by atoms with van der Waals surface area (Å²) in [4.78, 5) is 7.91. The second-order valence-electron chi connectivity index (χ2n) is 3.85. The van der Waals surface area contributed by atoms with Gasteiger partial charge in [0.1, 0.15) is 17.5 Å². The number of halogens is 2. The molecule has 2 aromatic heterocycles. The van der Waals surface area contributed by atoms with Crippen molar-refractivity contribution in [3.8, 4) is 0 Å². The quantitative estimate of drug-likeness (QED) is 0.656. The van der Waals surface area contributed by atoms with Gasteiger partial charge in [-0.05, 0) is 12.1 Å². The molecule has 0 radical (unpaired) electrons. The molecule has 0 amide bonds. The monoisotopic (exact) mass is 262 g/mol. The summed E-state index contributed by atoms with van der Waals surface area (Å²) in [6.07, 6.45) is 1.49. The Morgan fingerprint density at radius 1 is 1.11 bits per heavy atom. The highest BCUT2D eigenvalue weighted by atomic mass is 19.1. The standard InChI is InChI=1S/C11H8F2N6/c12-5-1-6(13)3-7(2-5)16-9-8-4-15-19-10(8)18-11(14)17-9/h1-4H,(H4,14,15,16,17,18,19). The van der Waals surface area contributed by atoms with Gasteiger partial charge in [-0.2, -0.15) is 15.1 Å². The molecule has 2 heterocycles. The van der Waals surface area contributed by atoms with Crippen LogP contribution in [0.25, 0.3) is 11.0 Å². The third kappa shape index (κ3) is 2.15. The number of aromatic amines is 1. The molecule has 96 valence electrons. The van der Waals surface area contributed by atoms with Crippen LogP contribution in [0.15, 0.2) is 24.4 Å². The minimum atomic E-state index is -0.687. The van der Waals surface area contributed by atoms with E-state index in [0.717, 1.165) is 18.2 Å². The topological polar surface area (TPSA) is 92.5 Å². The average molecular weight is 262 g/mol. The lowest BCUT2D eigenvalue weighted by Crippen LogP contribution is -2.01. The molecule has 0 saturated heterocycles. The van der Waals surface area contributed by atoms with E-state index in [2.05, 4.69) is 25.5 Å². The van der Waals surface area contributed by atoms with Crippen LogP contribution in [0.1, 0.15) is 0 Å². The van der Waals surface area contributed by atoms with E-state index >= 15 is 0 Å². The van der Waals surface area contributed by atoms with Crippen molar-refractivity contribution in [3.05, 3.63) is 36.0 Å². The number of nitrogens with one attached hydrogen (secondary N) is 2. The number of anilines is 3. The minimum absolute atomic E-state index is 0.0242. The maximum Gasteiger partial charge on any atom is 0.224 e. The predicted octanol–water partition coefficient (Wildman–Crippen LogP) is 1.96. The van der Waals surface area contributed by atoms with Crippen LogP contribution in [-0.2, 0) is 0 Å². The number of nitrogen functional groups attached to an aromatic ring is 1. The van der Waals surface area contributed by atoms with Crippen molar-refractivity contribution in [1.29, 1.82) is 0 Å². The fraction of sp³-hybridized carbons (Fsp3) is 0. The maximum absolute atomic E-state index is 13.1. The molecule has 19 heavy (non-hydrogen) atoms. The van der Waals surface area contributed by atoms with Crippen molar-refractivity contribution in [2.75, 3.05) is 11.1 Å². The largest absolute Gasteiger partial charge is 0.368 e. The van der Waals surface area contributed by atoms with Gasteiger partial charge in [-0.25, -0.2) is 8.78 Å². The van der Waals surface area contributed by atoms with Gasteiger partial charge in [0.05, 0.1) is 11.6 Å². The second kappa shape index (κ2) is 4.16. The number of hydrogen-bond acceptors (Lipinski definition) is 5. The van der Waals surface area contributed by atoms with Crippen molar-refractivity contribution in [2.45, 2.75) is 0 Å². The van der Waals surface area contributed by atoms with E-state index in [1.165, 1.54) is 6.20 Å². The summed E-state index contributed by atoms with van der Waals surface area (Å²) in [5, 5.41) is 9.80. The zero-order valence-corrected chi connectivity index (χ0v) is 9.48. The number of aromatic nitrogens is 4. The summed E-state index contributed by atoms with van der Waals surface area (Å²) in [5.41, 5.74) is 6.20. The number of nitrogens with two attached hydrogens (primary N) is 1. The molecule has 3 aromatic rings. The highest BCUT2D eigenvalue weighted by molar-refractivity contribution is 5.88. The Kier molecular flexibility index (Phi) is 2.48. The van der Waals surface area contributed by atoms with Crippen molar-refractivity contribution in [2.24, 2.45) is 0 Å². The molecule has 0 spiro atoms.